The zero-order chi connectivity index (χ0) is 18.5. The molecule has 2 aromatic rings. The molecule has 2 N–H and O–H groups in total. The van der Waals surface area contributed by atoms with Gasteiger partial charge in [0, 0.05) is 24.0 Å². The van der Waals surface area contributed by atoms with Crippen LogP contribution in [0.5, 0.6) is 5.75 Å². The fourth-order valence-electron chi connectivity index (χ4n) is 3.26. The molecular weight excluding hydrogens is 332 g/mol. The molecule has 1 aromatic heterocycles. The predicted molar refractivity (Wildman–Crippen MR) is 97.1 cm³/mol. The number of nitrogens with zero attached hydrogens (tertiary/aromatic N) is 1. The lowest BCUT2D eigenvalue weighted by Crippen LogP contribution is -2.38. The van der Waals surface area contributed by atoms with Gasteiger partial charge in [0.05, 0.1) is 18.6 Å². The smallest absolute Gasteiger partial charge is 0.306 e. The highest BCUT2D eigenvalue weighted by Crippen LogP contribution is 2.25. The van der Waals surface area contributed by atoms with Gasteiger partial charge < -0.3 is 15.2 Å². The summed E-state index contributed by atoms with van der Waals surface area (Å²) in [5.41, 5.74) is 2.31. The van der Waals surface area contributed by atoms with E-state index < -0.39 is 5.97 Å². The monoisotopic (exact) mass is 354 g/mol. The molecule has 6 nitrogen and oxygen atoms in total. The third-order valence-electron chi connectivity index (χ3n) is 4.84. The molecule has 0 spiro atoms. The number of rotatable bonds is 5. The maximum absolute atomic E-state index is 12.5. The molecule has 1 aliphatic carbocycles. The zero-order valence-electron chi connectivity index (χ0n) is 14.6. The summed E-state index contributed by atoms with van der Waals surface area (Å²) in [6.45, 7) is 0. The number of aliphatic carboxylic acids is 1. The number of ether oxygens (including phenoxy) is 1. The van der Waals surface area contributed by atoms with Crippen LogP contribution in [-0.4, -0.2) is 35.1 Å². The second-order valence-electron chi connectivity index (χ2n) is 6.55. The zero-order valence-corrected chi connectivity index (χ0v) is 14.6. The predicted octanol–water partition coefficient (Wildman–Crippen LogP) is 3.13. The van der Waals surface area contributed by atoms with Gasteiger partial charge in [-0.2, -0.15) is 0 Å². The standard InChI is InChI=1S/C20H22N2O4/c1-26-18-8-4-13(5-9-18)15-10-16(12-21-11-15)19(23)22-17-6-2-14(3-7-17)20(24)25/h4-5,8-12,14,17H,2-3,6-7H2,1H3,(H,22,23)(H,24,25). The van der Waals surface area contributed by atoms with Gasteiger partial charge in [0.25, 0.3) is 5.91 Å². The lowest BCUT2D eigenvalue weighted by Gasteiger charge is -2.26. The van der Waals surface area contributed by atoms with Crippen molar-refractivity contribution in [3.05, 3.63) is 48.3 Å². The summed E-state index contributed by atoms with van der Waals surface area (Å²) in [6.07, 6.45) is 5.85. The Balaban J connectivity index is 1.65. The molecule has 1 aromatic carbocycles. The highest BCUT2D eigenvalue weighted by molar-refractivity contribution is 5.95. The Morgan fingerprint density at radius 2 is 1.77 bits per heavy atom. The van der Waals surface area contributed by atoms with Crippen molar-refractivity contribution in [2.45, 2.75) is 31.7 Å². The molecule has 0 aliphatic heterocycles. The van der Waals surface area contributed by atoms with Crippen molar-refractivity contribution in [1.29, 1.82) is 0 Å². The maximum atomic E-state index is 12.5. The molecule has 6 heteroatoms. The van der Waals surface area contributed by atoms with Crippen molar-refractivity contribution in [3.8, 4) is 16.9 Å². The van der Waals surface area contributed by atoms with Gasteiger partial charge in [-0.3, -0.25) is 14.6 Å². The van der Waals surface area contributed by atoms with Crippen molar-refractivity contribution in [3.63, 3.8) is 0 Å². The summed E-state index contributed by atoms with van der Waals surface area (Å²) < 4.78 is 5.16. The van der Waals surface area contributed by atoms with Crippen molar-refractivity contribution in [2.75, 3.05) is 7.11 Å². The number of methoxy groups -OCH3 is 1. The first kappa shape index (κ1) is 17.9. The van der Waals surface area contributed by atoms with Crippen LogP contribution in [0.15, 0.2) is 42.7 Å². The molecule has 1 amide bonds. The lowest BCUT2D eigenvalue weighted by atomic mass is 9.86. The van der Waals surface area contributed by atoms with E-state index in [4.69, 9.17) is 9.84 Å². The number of carbonyl (C=O) groups is 2. The summed E-state index contributed by atoms with van der Waals surface area (Å²) >= 11 is 0. The van der Waals surface area contributed by atoms with E-state index in [0.29, 0.717) is 31.2 Å². The van der Waals surface area contributed by atoms with Crippen LogP contribution in [0.1, 0.15) is 36.0 Å². The molecule has 1 fully saturated rings. The van der Waals surface area contributed by atoms with E-state index in [0.717, 1.165) is 16.9 Å². The number of carboxylic acid groups (broad SMARTS) is 1. The van der Waals surface area contributed by atoms with Crippen LogP contribution >= 0.6 is 0 Å². The number of carbonyl (C=O) groups excluding carboxylic acids is 1. The Bertz CT molecular complexity index is 781. The average Bonchev–Trinajstić information content (AvgIpc) is 2.68. The van der Waals surface area contributed by atoms with Crippen LogP contribution in [0, 0.1) is 5.92 Å². The molecule has 0 unspecified atom stereocenters. The van der Waals surface area contributed by atoms with Crippen LogP contribution in [0.2, 0.25) is 0 Å². The first-order chi connectivity index (χ1) is 12.6. The number of hydrogen-bond donors (Lipinski definition) is 2. The second kappa shape index (κ2) is 7.99. The van der Waals surface area contributed by atoms with Crippen molar-refractivity contribution < 1.29 is 19.4 Å². The van der Waals surface area contributed by atoms with Gasteiger partial charge in [-0.15, -0.1) is 0 Å². The van der Waals surface area contributed by atoms with E-state index in [-0.39, 0.29) is 17.9 Å². The minimum atomic E-state index is -0.744. The molecule has 0 bridgehead atoms. The van der Waals surface area contributed by atoms with Gasteiger partial charge in [-0.1, -0.05) is 12.1 Å². The Morgan fingerprint density at radius 1 is 1.08 bits per heavy atom. The fraction of sp³-hybridized carbons (Fsp3) is 0.350. The average molecular weight is 354 g/mol. The number of pyridine rings is 1. The van der Waals surface area contributed by atoms with Crippen LogP contribution in [0.25, 0.3) is 11.1 Å². The lowest BCUT2D eigenvalue weighted by molar-refractivity contribution is -0.142. The van der Waals surface area contributed by atoms with E-state index in [2.05, 4.69) is 10.3 Å². The molecule has 0 radical (unpaired) electrons. The summed E-state index contributed by atoms with van der Waals surface area (Å²) in [5.74, 6) is -0.436. The van der Waals surface area contributed by atoms with E-state index in [1.165, 1.54) is 0 Å². The van der Waals surface area contributed by atoms with Crippen molar-refractivity contribution in [2.24, 2.45) is 5.92 Å². The minimum absolute atomic E-state index is 0.0164. The molecule has 0 saturated heterocycles. The van der Waals surface area contributed by atoms with Crippen LogP contribution in [0.4, 0.5) is 0 Å². The summed E-state index contributed by atoms with van der Waals surface area (Å²) in [5, 5.41) is 12.1. The Kier molecular flexibility index (Phi) is 5.51. The topological polar surface area (TPSA) is 88.5 Å². The van der Waals surface area contributed by atoms with Gasteiger partial charge in [0.1, 0.15) is 5.75 Å². The third-order valence-corrected chi connectivity index (χ3v) is 4.84. The largest absolute Gasteiger partial charge is 0.497 e. The van der Waals surface area contributed by atoms with Crippen molar-refractivity contribution >= 4 is 11.9 Å². The number of nitrogens with one attached hydrogen (secondary N) is 1. The van der Waals surface area contributed by atoms with Crippen LogP contribution in [0.3, 0.4) is 0 Å². The second-order valence-corrected chi connectivity index (χ2v) is 6.55. The molecule has 0 atom stereocenters. The van der Waals surface area contributed by atoms with E-state index in [9.17, 15) is 9.59 Å². The fourth-order valence-corrected chi connectivity index (χ4v) is 3.26. The summed E-state index contributed by atoms with van der Waals surface area (Å²) in [6, 6.07) is 9.40. The summed E-state index contributed by atoms with van der Waals surface area (Å²) in [7, 11) is 1.62. The van der Waals surface area contributed by atoms with E-state index in [1.807, 2.05) is 30.3 Å². The van der Waals surface area contributed by atoms with Crippen LogP contribution in [-0.2, 0) is 4.79 Å². The molecule has 3 rings (SSSR count). The van der Waals surface area contributed by atoms with Gasteiger partial charge in [0.2, 0.25) is 0 Å². The molecule has 1 aliphatic rings. The van der Waals surface area contributed by atoms with Gasteiger partial charge >= 0.3 is 5.97 Å². The van der Waals surface area contributed by atoms with Gasteiger partial charge in [-0.05, 0) is 49.4 Å². The Morgan fingerprint density at radius 3 is 2.38 bits per heavy atom. The summed E-state index contributed by atoms with van der Waals surface area (Å²) in [4.78, 5) is 27.7. The van der Waals surface area contributed by atoms with Gasteiger partial charge in [0.15, 0.2) is 0 Å². The number of hydrogen-bond acceptors (Lipinski definition) is 4. The molecule has 1 heterocycles. The van der Waals surface area contributed by atoms with E-state index >= 15 is 0 Å². The first-order valence-electron chi connectivity index (χ1n) is 8.70. The minimum Gasteiger partial charge on any atom is -0.497 e. The number of aromatic nitrogens is 1. The molecular formula is C20H22N2O4. The number of carboxylic acids is 1. The quantitative estimate of drug-likeness (QED) is 0.861. The highest BCUT2D eigenvalue weighted by atomic mass is 16.5. The van der Waals surface area contributed by atoms with Crippen molar-refractivity contribution in [1.82, 2.24) is 10.3 Å². The number of amides is 1. The molecule has 136 valence electrons. The van der Waals surface area contributed by atoms with E-state index in [1.54, 1.807) is 19.5 Å². The third kappa shape index (κ3) is 4.20. The van der Waals surface area contributed by atoms with Crippen LogP contribution < -0.4 is 10.1 Å². The Hall–Kier alpha value is -2.89. The Labute approximate surface area is 152 Å². The molecule has 1 saturated carbocycles. The highest BCUT2D eigenvalue weighted by Gasteiger charge is 2.26. The maximum Gasteiger partial charge on any atom is 0.306 e. The SMILES string of the molecule is COc1ccc(-c2cncc(C(=O)NC3CCC(C(=O)O)CC3)c2)cc1. The first-order valence-corrected chi connectivity index (χ1v) is 8.70. The normalized spacial score (nSPS) is 19.6. The molecule has 26 heavy (non-hydrogen) atoms. The van der Waals surface area contributed by atoms with Gasteiger partial charge in [-0.25, -0.2) is 0 Å². The number of benzene rings is 1.